The number of phenols is 1. The second-order valence-corrected chi connectivity index (χ2v) is 3.90. The lowest BCUT2D eigenvalue weighted by molar-refractivity contribution is -0.137. The van der Waals surface area contributed by atoms with Crippen molar-refractivity contribution in [3.8, 4) is 5.75 Å². The van der Waals surface area contributed by atoms with Gasteiger partial charge in [0.15, 0.2) is 0 Å². The first-order valence-electron chi connectivity index (χ1n) is 5.78. The molecule has 92 valence electrons. The number of benzene rings is 1. The van der Waals surface area contributed by atoms with Crippen LogP contribution >= 0.6 is 0 Å². The summed E-state index contributed by atoms with van der Waals surface area (Å²) < 4.78 is 4.99. The van der Waals surface area contributed by atoms with Gasteiger partial charge in [-0.1, -0.05) is 19.4 Å². The van der Waals surface area contributed by atoms with E-state index in [0.717, 1.165) is 24.0 Å². The Morgan fingerprint density at radius 2 is 2.24 bits per heavy atom. The fraction of sp³-hybridized carbons (Fsp3) is 0.357. The number of hydrogen-bond donors (Lipinski definition) is 1. The van der Waals surface area contributed by atoms with Gasteiger partial charge < -0.3 is 9.84 Å². The monoisotopic (exact) mass is 234 g/mol. The number of hydrogen-bond acceptors (Lipinski definition) is 3. The SMILES string of the molecule is CCCCOC(=O)C=Cc1ccc(O)cc1C. The maximum absolute atomic E-state index is 11.3. The summed E-state index contributed by atoms with van der Waals surface area (Å²) in [6, 6.07) is 5.01. The molecule has 0 bridgehead atoms. The van der Waals surface area contributed by atoms with Gasteiger partial charge in [-0.2, -0.15) is 0 Å². The van der Waals surface area contributed by atoms with Gasteiger partial charge in [0.25, 0.3) is 0 Å². The number of esters is 1. The van der Waals surface area contributed by atoms with E-state index in [0.29, 0.717) is 6.61 Å². The lowest BCUT2D eigenvalue weighted by atomic mass is 10.1. The van der Waals surface area contributed by atoms with E-state index < -0.39 is 0 Å². The number of aromatic hydroxyl groups is 1. The van der Waals surface area contributed by atoms with Crippen LogP contribution in [0.4, 0.5) is 0 Å². The first kappa shape index (κ1) is 13.3. The molecule has 0 unspecified atom stereocenters. The van der Waals surface area contributed by atoms with Gasteiger partial charge >= 0.3 is 5.97 Å². The highest BCUT2D eigenvalue weighted by Crippen LogP contribution is 2.16. The Kier molecular flexibility index (Phi) is 5.27. The minimum absolute atomic E-state index is 0.227. The molecular formula is C14H18O3. The molecule has 0 saturated carbocycles. The van der Waals surface area contributed by atoms with Crippen molar-refractivity contribution in [3.05, 3.63) is 35.4 Å². The zero-order valence-electron chi connectivity index (χ0n) is 10.3. The maximum Gasteiger partial charge on any atom is 0.330 e. The number of phenolic OH excluding ortho intramolecular Hbond substituents is 1. The Morgan fingerprint density at radius 1 is 1.47 bits per heavy atom. The molecule has 1 rings (SSSR count). The third kappa shape index (κ3) is 4.72. The highest BCUT2D eigenvalue weighted by molar-refractivity contribution is 5.87. The van der Waals surface area contributed by atoms with Crippen LogP contribution in [0.15, 0.2) is 24.3 Å². The number of carbonyl (C=O) groups is 1. The molecule has 0 aliphatic carbocycles. The molecule has 3 heteroatoms. The average molecular weight is 234 g/mol. The van der Waals surface area contributed by atoms with E-state index in [-0.39, 0.29) is 11.7 Å². The van der Waals surface area contributed by atoms with E-state index in [1.54, 1.807) is 24.3 Å². The molecule has 1 aromatic carbocycles. The zero-order valence-corrected chi connectivity index (χ0v) is 10.3. The van der Waals surface area contributed by atoms with Crippen molar-refractivity contribution in [2.75, 3.05) is 6.61 Å². The van der Waals surface area contributed by atoms with E-state index in [1.807, 2.05) is 13.8 Å². The summed E-state index contributed by atoms with van der Waals surface area (Å²) in [5, 5.41) is 9.24. The zero-order chi connectivity index (χ0) is 12.7. The highest BCUT2D eigenvalue weighted by atomic mass is 16.5. The van der Waals surface area contributed by atoms with Crippen LogP contribution in [0.3, 0.4) is 0 Å². The lowest BCUT2D eigenvalue weighted by Crippen LogP contribution is -2.01. The third-order valence-electron chi connectivity index (χ3n) is 2.39. The van der Waals surface area contributed by atoms with Crippen molar-refractivity contribution in [1.29, 1.82) is 0 Å². The smallest absolute Gasteiger partial charge is 0.330 e. The number of rotatable bonds is 5. The Morgan fingerprint density at radius 3 is 2.88 bits per heavy atom. The summed E-state index contributed by atoms with van der Waals surface area (Å²) >= 11 is 0. The summed E-state index contributed by atoms with van der Waals surface area (Å²) in [7, 11) is 0. The van der Waals surface area contributed by atoms with Gasteiger partial charge in [0.05, 0.1) is 6.61 Å². The molecule has 0 amide bonds. The van der Waals surface area contributed by atoms with Crippen LogP contribution < -0.4 is 0 Å². The van der Waals surface area contributed by atoms with Crippen molar-refractivity contribution in [2.45, 2.75) is 26.7 Å². The summed E-state index contributed by atoms with van der Waals surface area (Å²) in [5.74, 6) is -0.101. The fourth-order valence-corrected chi connectivity index (χ4v) is 1.37. The molecule has 1 aromatic rings. The standard InChI is InChI=1S/C14H18O3/c1-3-4-9-17-14(16)8-6-12-5-7-13(15)10-11(12)2/h5-8,10,15H,3-4,9H2,1-2H3. The van der Waals surface area contributed by atoms with Crippen LogP contribution in [-0.2, 0) is 9.53 Å². The van der Waals surface area contributed by atoms with Crippen molar-refractivity contribution >= 4 is 12.0 Å². The van der Waals surface area contributed by atoms with E-state index >= 15 is 0 Å². The highest BCUT2D eigenvalue weighted by Gasteiger charge is 1.98. The van der Waals surface area contributed by atoms with Gasteiger partial charge in [0, 0.05) is 6.08 Å². The molecule has 0 radical (unpaired) electrons. The van der Waals surface area contributed by atoms with Gasteiger partial charge in [-0.25, -0.2) is 4.79 Å². The summed E-state index contributed by atoms with van der Waals surface area (Å²) in [4.78, 5) is 11.3. The molecule has 0 saturated heterocycles. The van der Waals surface area contributed by atoms with Crippen molar-refractivity contribution < 1.29 is 14.6 Å². The van der Waals surface area contributed by atoms with Crippen LogP contribution in [0.5, 0.6) is 5.75 Å². The van der Waals surface area contributed by atoms with E-state index in [4.69, 9.17) is 4.74 Å². The molecular weight excluding hydrogens is 216 g/mol. The van der Waals surface area contributed by atoms with Crippen molar-refractivity contribution in [1.82, 2.24) is 0 Å². The Balaban J connectivity index is 2.55. The molecule has 1 N–H and O–H groups in total. The first-order chi connectivity index (χ1) is 8.13. The van der Waals surface area contributed by atoms with E-state index in [9.17, 15) is 9.90 Å². The van der Waals surface area contributed by atoms with Gasteiger partial charge in [-0.05, 0) is 42.7 Å². The fourth-order valence-electron chi connectivity index (χ4n) is 1.37. The second kappa shape index (κ2) is 6.74. The summed E-state index contributed by atoms with van der Waals surface area (Å²) in [5.41, 5.74) is 1.82. The number of aryl methyl sites for hydroxylation is 1. The molecule has 0 atom stereocenters. The molecule has 3 nitrogen and oxygen atoms in total. The molecule has 0 heterocycles. The van der Waals surface area contributed by atoms with E-state index in [1.165, 1.54) is 6.08 Å². The predicted octanol–water partition coefficient (Wildman–Crippen LogP) is 3.06. The molecule has 0 aliphatic heterocycles. The van der Waals surface area contributed by atoms with Gasteiger partial charge in [0.2, 0.25) is 0 Å². The van der Waals surface area contributed by atoms with Crippen molar-refractivity contribution in [2.24, 2.45) is 0 Å². The Bertz CT molecular complexity index is 408. The quantitative estimate of drug-likeness (QED) is 0.484. The van der Waals surface area contributed by atoms with Gasteiger partial charge in [-0.15, -0.1) is 0 Å². The normalized spacial score (nSPS) is 10.7. The number of unbranched alkanes of at least 4 members (excludes halogenated alkanes) is 1. The van der Waals surface area contributed by atoms with Crippen LogP contribution in [0.25, 0.3) is 6.08 Å². The minimum atomic E-state index is -0.328. The number of ether oxygens (including phenoxy) is 1. The third-order valence-corrected chi connectivity index (χ3v) is 2.39. The van der Waals surface area contributed by atoms with E-state index in [2.05, 4.69) is 0 Å². The number of carbonyl (C=O) groups excluding carboxylic acids is 1. The lowest BCUT2D eigenvalue weighted by Gasteiger charge is -2.01. The Hall–Kier alpha value is -1.77. The molecule has 17 heavy (non-hydrogen) atoms. The average Bonchev–Trinajstić information content (AvgIpc) is 2.28. The molecule has 0 aromatic heterocycles. The van der Waals surface area contributed by atoms with Gasteiger partial charge in [0.1, 0.15) is 5.75 Å². The minimum Gasteiger partial charge on any atom is -0.508 e. The molecule has 0 spiro atoms. The van der Waals surface area contributed by atoms with Gasteiger partial charge in [-0.3, -0.25) is 0 Å². The maximum atomic E-state index is 11.3. The van der Waals surface area contributed by atoms with Crippen LogP contribution in [0.2, 0.25) is 0 Å². The molecule has 0 aliphatic rings. The van der Waals surface area contributed by atoms with Crippen LogP contribution in [-0.4, -0.2) is 17.7 Å². The summed E-state index contributed by atoms with van der Waals surface area (Å²) in [6.45, 7) is 4.39. The topological polar surface area (TPSA) is 46.5 Å². The van der Waals surface area contributed by atoms with Crippen LogP contribution in [0, 0.1) is 6.92 Å². The Labute approximate surface area is 102 Å². The summed E-state index contributed by atoms with van der Waals surface area (Å²) in [6.07, 6.45) is 5.00. The van der Waals surface area contributed by atoms with Crippen LogP contribution in [0.1, 0.15) is 30.9 Å². The molecule has 0 fully saturated rings. The first-order valence-corrected chi connectivity index (χ1v) is 5.78. The second-order valence-electron chi connectivity index (χ2n) is 3.90. The van der Waals surface area contributed by atoms with Crippen molar-refractivity contribution in [3.63, 3.8) is 0 Å². The largest absolute Gasteiger partial charge is 0.508 e. The predicted molar refractivity (Wildman–Crippen MR) is 67.7 cm³/mol.